The molecule has 0 aliphatic rings. The lowest BCUT2D eigenvalue weighted by Gasteiger charge is -2.13. The Hall–Kier alpha value is -1.71. The van der Waals surface area contributed by atoms with E-state index >= 15 is 0 Å². The fourth-order valence-electron chi connectivity index (χ4n) is 1.83. The molecule has 0 aliphatic carbocycles. The Morgan fingerprint density at radius 3 is 2.40 bits per heavy atom. The van der Waals surface area contributed by atoms with E-state index in [2.05, 4.69) is 5.32 Å². The molecule has 0 fully saturated rings. The van der Waals surface area contributed by atoms with E-state index in [-0.39, 0.29) is 5.56 Å². The summed E-state index contributed by atoms with van der Waals surface area (Å²) in [4.78, 5) is 11.3. The van der Waals surface area contributed by atoms with Crippen LogP contribution in [0.1, 0.15) is 21.5 Å². The number of carbonyl (C=O) groups is 1. The molecule has 5 heteroatoms. The first-order chi connectivity index (χ1) is 9.38. The molecule has 0 radical (unpaired) electrons. The molecule has 0 heterocycles. The van der Waals surface area contributed by atoms with Gasteiger partial charge in [0.05, 0.1) is 22.0 Å². The van der Waals surface area contributed by atoms with E-state index in [4.69, 9.17) is 23.2 Å². The van der Waals surface area contributed by atoms with Crippen molar-refractivity contribution in [2.45, 2.75) is 13.8 Å². The average molecular weight is 310 g/mol. The largest absolute Gasteiger partial charge is 0.478 e. The smallest absolute Gasteiger partial charge is 0.337 e. The van der Waals surface area contributed by atoms with Crippen LogP contribution >= 0.6 is 23.2 Å². The number of benzene rings is 2. The summed E-state index contributed by atoms with van der Waals surface area (Å²) < 4.78 is 0. The second-order valence-corrected chi connectivity index (χ2v) is 5.37. The predicted octanol–water partition coefficient (Wildman–Crippen LogP) is 5.05. The number of rotatable bonds is 3. The van der Waals surface area contributed by atoms with Gasteiger partial charge in [0, 0.05) is 5.02 Å². The van der Waals surface area contributed by atoms with Crippen LogP contribution in [-0.4, -0.2) is 11.1 Å². The van der Waals surface area contributed by atoms with Crippen LogP contribution in [-0.2, 0) is 0 Å². The summed E-state index contributed by atoms with van der Waals surface area (Å²) >= 11 is 12.2. The summed E-state index contributed by atoms with van der Waals surface area (Å²) in [6.45, 7) is 3.69. The fourth-order valence-corrected chi connectivity index (χ4v) is 2.26. The summed E-state index contributed by atoms with van der Waals surface area (Å²) in [5.41, 5.74) is 2.99. The number of halogens is 2. The van der Waals surface area contributed by atoms with E-state index in [1.165, 1.54) is 0 Å². The molecular formula is C15H13Cl2NO2. The van der Waals surface area contributed by atoms with Gasteiger partial charge in [-0.2, -0.15) is 0 Å². The van der Waals surface area contributed by atoms with Gasteiger partial charge in [-0.3, -0.25) is 0 Å². The van der Waals surface area contributed by atoms with E-state index in [1.807, 2.05) is 19.9 Å². The highest BCUT2D eigenvalue weighted by atomic mass is 35.5. The molecule has 20 heavy (non-hydrogen) atoms. The number of hydrogen-bond acceptors (Lipinski definition) is 2. The molecule has 0 spiro atoms. The molecule has 0 atom stereocenters. The van der Waals surface area contributed by atoms with Crippen LogP contribution in [0.25, 0.3) is 0 Å². The molecule has 2 rings (SSSR count). The molecule has 0 saturated carbocycles. The number of nitrogens with one attached hydrogen (secondary N) is 1. The van der Waals surface area contributed by atoms with Gasteiger partial charge in [-0.05, 0) is 43.7 Å². The van der Waals surface area contributed by atoms with Crippen molar-refractivity contribution in [3.05, 3.63) is 57.1 Å². The van der Waals surface area contributed by atoms with Crippen molar-refractivity contribution in [2.24, 2.45) is 0 Å². The molecule has 2 aromatic rings. The van der Waals surface area contributed by atoms with E-state index in [0.717, 1.165) is 11.1 Å². The van der Waals surface area contributed by atoms with Crippen molar-refractivity contribution in [3.63, 3.8) is 0 Å². The Labute approximate surface area is 127 Å². The van der Waals surface area contributed by atoms with Gasteiger partial charge in [-0.15, -0.1) is 0 Å². The molecule has 0 unspecified atom stereocenters. The van der Waals surface area contributed by atoms with Crippen LogP contribution in [0.2, 0.25) is 10.0 Å². The zero-order chi connectivity index (χ0) is 14.9. The summed E-state index contributed by atoms with van der Waals surface area (Å²) in [6, 6.07) is 8.57. The van der Waals surface area contributed by atoms with Gasteiger partial charge in [0.2, 0.25) is 0 Å². The minimum absolute atomic E-state index is 0.192. The molecule has 2 aromatic carbocycles. The number of carboxylic acid groups (broad SMARTS) is 1. The average Bonchev–Trinajstić information content (AvgIpc) is 2.37. The summed E-state index contributed by atoms with van der Waals surface area (Å²) in [5.74, 6) is -0.995. The monoisotopic (exact) mass is 309 g/mol. The highest BCUT2D eigenvalue weighted by Crippen LogP contribution is 2.32. The van der Waals surface area contributed by atoms with Gasteiger partial charge in [-0.1, -0.05) is 34.8 Å². The van der Waals surface area contributed by atoms with Crippen molar-refractivity contribution in [2.75, 3.05) is 5.32 Å². The highest BCUT2D eigenvalue weighted by molar-refractivity contribution is 6.35. The minimum Gasteiger partial charge on any atom is -0.478 e. The Morgan fingerprint density at radius 1 is 1.05 bits per heavy atom. The minimum atomic E-state index is -0.995. The number of carboxylic acids is 1. The number of hydrogen-bond donors (Lipinski definition) is 2. The van der Waals surface area contributed by atoms with Crippen LogP contribution in [0.15, 0.2) is 30.3 Å². The van der Waals surface area contributed by atoms with Gasteiger partial charge in [0.1, 0.15) is 0 Å². The maximum Gasteiger partial charge on any atom is 0.337 e. The van der Waals surface area contributed by atoms with Crippen molar-refractivity contribution in [1.29, 1.82) is 0 Å². The molecule has 0 bridgehead atoms. The van der Waals surface area contributed by atoms with Gasteiger partial charge < -0.3 is 10.4 Å². The zero-order valence-corrected chi connectivity index (χ0v) is 12.5. The van der Waals surface area contributed by atoms with Crippen LogP contribution in [0.4, 0.5) is 11.4 Å². The second-order valence-electron chi connectivity index (χ2n) is 4.56. The Bertz CT molecular complexity index is 684. The first kappa shape index (κ1) is 14.7. The molecule has 2 N–H and O–H groups in total. The molecule has 0 aliphatic heterocycles. The van der Waals surface area contributed by atoms with Crippen LogP contribution in [0.5, 0.6) is 0 Å². The van der Waals surface area contributed by atoms with E-state index in [0.29, 0.717) is 21.4 Å². The molecule has 0 aromatic heterocycles. The zero-order valence-electron chi connectivity index (χ0n) is 11.0. The third-order valence-corrected chi connectivity index (χ3v) is 3.64. The maximum atomic E-state index is 11.3. The molecule has 0 saturated heterocycles. The summed E-state index contributed by atoms with van der Waals surface area (Å²) in [5, 5.41) is 13.3. The first-order valence-electron chi connectivity index (χ1n) is 5.95. The van der Waals surface area contributed by atoms with E-state index in [9.17, 15) is 9.90 Å². The quantitative estimate of drug-likeness (QED) is 0.834. The van der Waals surface area contributed by atoms with Gasteiger partial charge >= 0.3 is 5.97 Å². The van der Waals surface area contributed by atoms with Crippen molar-refractivity contribution in [1.82, 2.24) is 0 Å². The van der Waals surface area contributed by atoms with Crippen LogP contribution in [0.3, 0.4) is 0 Å². The highest BCUT2D eigenvalue weighted by Gasteiger charge is 2.12. The van der Waals surface area contributed by atoms with Gasteiger partial charge in [-0.25, -0.2) is 4.79 Å². The normalized spacial score (nSPS) is 10.4. The lowest BCUT2D eigenvalue weighted by Crippen LogP contribution is -2.03. The Morgan fingerprint density at radius 2 is 1.75 bits per heavy atom. The summed E-state index contributed by atoms with van der Waals surface area (Å²) in [6.07, 6.45) is 0. The van der Waals surface area contributed by atoms with Crippen molar-refractivity contribution < 1.29 is 9.90 Å². The van der Waals surface area contributed by atoms with Crippen LogP contribution in [0, 0.1) is 13.8 Å². The van der Waals surface area contributed by atoms with Gasteiger partial charge in [0.15, 0.2) is 0 Å². The maximum absolute atomic E-state index is 11.3. The van der Waals surface area contributed by atoms with Crippen LogP contribution < -0.4 is 5.32 Å². The third kappa shape index (κ3) is 3.06. The van der Waals surface area contributed by atoms with E-state index in [1.54, 1.807) is 24.3 Å². The molecule has 3 nitrogen and oxygen atoms in total. The predicted molar refractivity (Wildman–Crippen MR) is 82.6 cm³/mol. The Kier molecular flexibility index (Phi) is 4.21. The number of aromatic carboxylic acids is 1. The first-order valence-corrected chi connectivity index (χ1v) is 6.70. The van der Waals surface area contributed by atoms with Crippen molar-refractivity contribution >= 4 is 40.5 Å². The van der Waals surface area contributed by atoms with E-state index < -0.39 is 5.97 Å². The summed E-state index contributed by atoms with van der Waals surface area (Å²) in [7, 11) is 0. The lowest BCUT2D eigenvalue weighted by atomic mass is 10.1. The molecular weight excluding hydrogens is 297 g/mol. The molecule has 0 amide bonds. The van der Waals surface area contributed by atoms with Crippen molar-refractivity contribution in [3.8, 4) is 0 Å². The fraction of sp³-hybridized carbons (Fsp3) is 0.133. The topological polar surface area (TPSA) is 49.3 Å². The standard InChI is InChI=1S/C15H13Cl2NO2/c1-8-3-4-13(10(5-8)15(19)20)18-14-7-11(16)9(2)6-12(14)17/h3-7,18H,1-2H3,(H,19,20). The SMILES string of the molecule is Cc1ccc(Nc2cc(Cl)c(C)cc2Cl)c(C(=O)O)c1. The number of aryl methyl sites for hydroxylation is 2. The Balaban J connectivity index is 2.45. The molecule has 104 valence electrons. The number of anilines is 2. The lowest BCUT2D eigenvalue weighted by molar-refractivity contribution is 0.0698. The second kappa shape index (κ2) is 5.73. The van der Waals surface area contributed by atoms with Gasteiger partial charge in [0.25, 0.3) is 0 Å². The third-order valence-electron chi connectivity index (χ3n) is 2.92.